The molecule has 0 heterocycles. The molecule has 0 aromatic heterocycles. The molecule has 0 spiro atoms. The molecule has 2 atom stereocenters. The van der Waals surface area contributed by atoms with E-state index >= 15 is 0 Å². The smallest absolute Gasteiger partial charge is 0.376 e. The fourth-order valence-corrected chi connectivity index (χ4v) is 4.96. The molecule has 1 aliphatic carbocycles. The van der Waals surface area contributed by atoms with Crippen molar-refractivity contribution in [2.75, 3.05) is 13.2 Å². The molecule has 1 fully saturated rings. The molecule has 6 heteroatoms. The molecule has 36 heavy (non-hydrogen) atoms. The topological polar surface area (TPSA) is 81.7 Å². The quantitative estimate of drug-likeness (QED) is 0.330. The van der Waals surface area contributed by atoms with Crippen LogP contribution in [0, 0.1) is 17.8 Å². The van der Waals surface area contributed by atoms with E-state index in [0.717, 1.165) is 36.8 Å². The molecule has 2 aromatic rings. The number of rotatable bonds is 12. The van der Waals surface area contributed by atoms with Crippen molar-refractivity contribution in [3.05, 3.63) is 71.8 Å². The Labute approximate surface area is 214 Å². The highest BCUT2D eigenvalue weighted by molar-refractivity contribution is 6.36. The molecule has 0 bridgehead atoms. The second-order valence-electron chi connectivity index (χ2n) is 9.94. The number of carbonyl (C=O) groups excluding carboxylic acids is 3. The van der Waals surface area contributed by atoms with E-state index in [-0.39, 0.29) is 25.0 Å². The van der Waals surface area contributed by atoms with Crippen molar-refractivity contribution in [2.24, 2.45) is 17.8 Å². The summed E-state index contributed by atoms with van der Waals surface area (Å²) >= 11 is 0. The summed E-state index contributed by atoms with van der Waals surface area (Å²) in [6, 6.07) is 18.1. The summed E-state index contributed by atoms with van der Waals surface area (Å²) in [4.78, 5) is 39.2. The minimum atomic E-state index is -1.07. The molecule has 6 nitrogen and oxygen atoms in total. The van der Waals surface area contributed by atoms with Crippen LogP contribution in [0.3, 0.4) is 0 Å². The van der Waals surface area contributed by atoms with Crippen LogP contribution in [0.25, 0.3) is 0 Å². The molecule has 194 valence electrons. The number of benzene rings is 2. The molecule has 1 N–H and O–H groups in total. The molecular weight excluding hydrogens is 454 g/mol. The summed E-state index contributed by atoms with van der Waals surface area (Å²) < 4.78 is 11.1. The van der Waals surface area contributed by atoms with E-state index in [1.807, 2.05) is 60.7 Å². The van der Waals surface area contributed by atoms with E-state index in [1.165, 1.54) is 0 Å². The molecule has 3 rings (SSSR count). The Hall–Kier alpha value is -2.99. The van der Waals surface area contributed by atoms with E-state index < -0.39 is 23.7 Å². The Morgan fingerprint density at radius 2 is 1.53 bits per heavy atom. The van der Waals surface area contributed by atoms with E-state index in [4.69, 9.17) is 9.47 Å². The average molecular weight is 494 g/mol. The second kappa shape index (κ2) is 13.9. The summed E-state index contributed by atoms with van der Waals surface area (Å²) in [7, 11) is 0. The third-order valence-corrected chi connectivity index (χ3v) is 7.18. The van der Waals surface area contributed by atoms with Crippen molar-refractivity contribution in [2.45, 2.75) is 65.0 Å². The van der Waals surface area contributed by atoms with Crippen LogP contribution >= 0.6 is 0 Å². The van der Waals surface area contributed by atoms with Gasteiger partial charge in [-0.25, -0.2) is 4.79 Å². The molecule has 1 aliphatic rings. The number of amides is 1. The molecule has 0 aliphatic heterocycles. The maximum Gasteiger partial charge on any atom is 0.376 e. The minimum Gasteiger partial charge on any atom is -0.460 e. The predicted molar refractivity (Wildman–Crippen MR) is 139 cm³/mol. The number of hydrogen-bond acceptors (Lipinski definition) is 5. The number of nitrogens with one attached hydrogen (secondary N) is 1. The molecule has 1 saturated carbocycles. The first-order valence-electron chi connectivity index (χ1n) is 13.1. The molecule has 2 aromatic carbocycles. The number of esters is 1. The zero-order chi connectivity index (χ0) is 25.9. The Morgan fingerprint density at radius 3 is 2.11 bits per heavy atom. The van der Waals surface area contributed by atoms with Crippen LogP contribution in [0.5, 0.6) is 0 Å². The first kappa shape index (κ1) is 27.6. The molecule has 1 unspecified atom stereocenters. The Morgan fingerprint density at radius 1 is 0.917 bits per heavy atom. The van der Waals surface area contributed by atoms with Crippen LogP contribution in [0.1, 0.15) is 63.5 Å². The molecular formula is C30H39NO5. The summed E-state index contributed by atoms with van der Waals surface area (Å²) in [6.07, 6.45) is 3.56. The minimum absolute atomic E-state index is 0.0883. The number of carbonyl (C=O) groups is 3. The summed E-state index contributed by atoms with van der Waals surface area (Å²) in [5.74, 6) is -1.36. The normalized spacial score (nSPS) is 19.3. The van der Waals surface area contributed by atoms with Crippen LogP contribution in [0.2, 0.25) is 0 Å². The maximum atomic E-state index is 13.3. The number of ether oxygens (including phenoxy) is 2. The van der Waals surface area contributed by atoms with Gasteiger partial charge in [-0.3, -0.25) is 9.59 Å². The predicted octanol–water partition coefficient (Wildman–Crippen LogP) is 5.07. The van der Waals surface area contributed by atoms with Gasteiger partial charge in [0.05, 0.1) is 19.8 Å². The van der Waals surface area contributed by atoms with Gasteiger partial charge in [-0.05, 0) is 55.6 Å². The first-order chi connectivity index (χ1) is 17.4. The van der Waals surface area contributed by atoms with Gasteiger partial charge in [-0.2, -0.15) is 0 Å². The van der Waals surface area contributed by atoms with E-state index in [1.54, 1.807) is 6.92 Å². The van der Waals surface area contributed by atoms with Crippen LogP contribution in [-0.4, -0.2) is 36.9 Å². The van der Waals surface area contributed by atoms with Gasteiger partial charge in [0.15, 0.2) is 0 Å². The Bertz CT molecular complexity index is 967. The van der Waals surface area contributed by atoms with E-state index in [9.17, 15) is 14.4 Å². The SMILES string of the molecule is CCOC(=O)C(=O)[C@@H](NC(=O)C1CCC(C(C)C)CC1)C(COCc1ccccc1)c1ccccc1. The number of ketones is 1. The van der Waals surface area contributed by atoms with Gasteiger partial charge in [0.25, 0.3) is 5.78 Å². The number of Topliss-reactive ketones (excluding diaryl/α,β-unsaturated/α-hetero) is 1. The van der Waals surface area contributed by atoms with Gasteiger partial charge >= 0.3 is 5.97 Å². The lowest BCUT2D eigenvalue weighted by Crippen LogP contribution is -2.51. The van der Waals surface area contributed by atoms with E-state index in [2.05, 4.69) is 19.2 Å². The summed E-state index contributed by atoms with van der Waals surface area (Å²) in [5.41, 5.74) is 1.82. The lowest BCUT2D eigenvalue weighted by molar-refractivity contribution is -0.155. The maximum absolute atomic E-state index is 13.3. The van der Waals surface area contributed by atoms with Gasteiger partial charge in [0.1, 0.15) is 6.04 Å². The third kappa shape index (κ3) is 7.76. The first-order valence-corrected chi connectivity index (χ1v) is 13.1. The highest BCUT2D eigenvalue weighted by Crippen LogP contribution is 2.33. The van der Waals surface area contributed by atoms with Crippen LogP contribution in [0.4, 0.5) is 0 Å². The molecule has 0 radical (unpaired) electrons. The zero-order valence-electron chi connectivity index (χ0n) is 21.7. The third-order valence-electron chi connectivity index (χ3n) is 7.18. The van der Waals surface area contributed by atoms with Crippen molar-refractivity contribution >= 4 is 17.7 Å². The summed E-state index contributed by atoms with van der Waals surface area (Å²) in [6.45, 7) is 6.71. The van der Waals surface area contributed by atoms with Gasteiger partial charge in [-0.15, -0.1) is 0 Å². The lowest BCUT2D eigenvalue weighted by Gasteiger charge is -2.32. The van der Waals surface area contributed by atoms with Gasteiger partial charge in [0, 0.05) is 11.8 Å². The summed E-state index contributed by atoms with van der Waals surface area (Å²) in [5, 5.41) is 2.95. The second-order valence-corrected chi connectivity index (χ2v) is 9.94. The Balaban J connectivity index is 1.80. The van der Waals surface area contributed by atoms with Crippen molar-refractivity contribution < 1.29 is 23.9 Å². The van der Waals surface area contributed by atoms with Crippen LogP contribution < -0.4 is 5.32 Å². The van der Waals surface area contributed by atoms with Crippen molar-refractivity contribution in [3.63, 3.8) is 0 Å². The highest BCUT2D eigenvalue weighted by atomic mass is 16.5. The van der Waals surface area contributed by atoms with Crippen molar-refractivity contribution in [3.8, 4) is 0 Å². The monoisotopic (exact) mass is 493 g/mol. The van der Waals surface area contributed by atoms with Crippen LogP contribution in [0.15, 0.2) is 60.7 Å². The fraction of sp³-hybridized carbons (Fsp3) is 0.500. The number of hydrogen-bond donors (Lipinski definition) is 1. The standard InChI is InChI=1S/C30H39NO5/c1-4-36-30(34)28(32)27(31-29(33)25-17-15-23(16-18-25)21(2)3)26(24-13-9-6-10-14-24)20-35-19-22-11-7-5-8-12-22/h5-14,21,23,25-27H,4,15-20H2,1-3H3,(H,31,33)/t23?,25?,26?,27-/m0/s1. The van der Waals surface area contributed by atoms with E-state index in [0.29, 0.717) is 18.4 Å². The average Bonchev–Trinajstić information content (AvgIpc) is 2.91. The van der Waals surface area contributed by atoms with Gasteiger partial charge < -0.3 is 14.8 Å². The fourth-order valence-electron chi connectivity index (χ4n) is 4.96. The van der Waals surface area contributed by atoms with Crippen LogP contribution in [-0.2, 0) is 30.5 Å². The lowest BCUT2D eigenvalue weighted by atomic mass is 9.76. The highest BCUT2D eigenvalue weighted by Gasteiger charge is 2.38. The van der Waals surface area contributed by atoms with Crippen molar-refractivity contribution in [1.82, 2.24) is 5.32 Å². The Kier molecular flexibility index (Phi) is 10.7. The van der Waals surface area contributed by atoms with Crippen molar-refractivity contribution in [1.29, 1.82) is 0 Å². The van der Waals surface area contributed by atoms with Gasteiger partial charge in [-0.1, -0.05) is 74.5 Å². The largest absolute Gasteiger partial charge is 0.460 e. The zero-order valence-corrected chi connectivity index (χ0v) is 21.7. The molecule has 1 amide bonds. The van der Waals surface area contributed by atoms with Gasteiger partial charge in [0.2, 0.25) is 5.91 Å². The molecule has 0 saturated heterocycles.